The van der Waals surface area contributed by atoms with Crippen molar-refractivity contribution in [2.45, 2.75) is 26.3 Å². The summed E-state index contributed by atoms with van der Waals surface area (Å²) in [5.74, 6) is -0.160. The normalized spacial score (nSPS) is 13.2. The highest BCUT2D eigenvalue weighted by Crippen LogP contribution is 2.12. The number of benzene rings is 1. The van der Waals surface area contributed by atoms with E-state index >= 15 is 0 Å². The molecule has 2 N–H and O–H groups in total. The average molecular weight is 233 g/mol. The monoisotopic (exact) mass is 233 g/mol. The zero-order chi connectivity index (χ0) is 12.7. The van der Waals surface area contributed by atoms with Gasteiger partial charge in [-0.2, -0.15) is 0 Å². The summed E-state index contributed by atoms with van der Waals surface area (Å²) in [5, 5.41) is 11.7. The maximum absolute atomic E-state index is 11.7. The average Bonchev–Trinajstić information content (AvgIpc) is 2.37. The first-order chi connectivity index (χ1) is 8.17. The van der Waals surface area contributed by atoms with Gasteiger partial charge in [0.1, 0.15) is 0 Å². The minimum Gasteiger partial charge on any atom is -0.394 e. The lowest BCUT2D eigenvalue weighted by Gasteiger charge is -2.12. The molecule has 3 nitrogen and oxygen atoms in total. The SMILES string of the molecule is CCC(CO)NC(=O)/C=C(/C)c1ccccc1. The molecule has 1 aromatic carbocycles. The summed E-state index contributed by atoms with van der Waals surface area (Å²) in [6.45, 7) is 3.80. The van der Waals surface area contributed by atoms with Crippen LogP contribution in [0.3, 0.4) is 0 Å². The Morgan fingerprint density at radius 3 is 2.59 bits per heavy atom. The maximum atomic E-state index is 11.7. The third-order valence-corrected chi connectivity index (χ3v) is 2.64. The van der Waals surface area contributed by atoms with Crippen LogP contribution in [0.1, 0.15) is 25.8 Å². The number of carbonyl (C=O) groups is 1. The Labute approximate surface area is 102 Å². The Bertz CT molecular complexity index is 380. The zero-order valence-electron chi connectivity index (χ0n) is 10.3. The van der Waals surface area contributed by atoms with Crippen molar-refractivity contribution >= 4 is 11.5 Å². The molecule has 0 fully saturated rings. The van der Waals surface area contributed by atoms with Gasteiger partial charge in [0, 0.05) is 6.08 Å². The molecule has 0 aliphatic carbocycles. The highest BCUT2D eigenvalue weighted by atomic mass is 16.3. The molecule has 0 aliphatic rings. The predicted molar refractivity (Wildman–Crippen MR) is 69.4 cm³/mol. The zero-order valence-corrected chi connectivity index (χ0v) is 10.3. The third-order valence-electron chi connectivity index (χ3n) is 2.64. The first-order valence-corrected chi connectivity index (χ1v) is 5.82. The Morgan fingerprint density at radius 2 is 2.06 bits per heavy atom. The molecular weight excluding hydrogens is 214 g/mol. The van der Waals surface area contributed by atoms with Gasteiger partial charge in [-0.3, -0.25) is 4.79 Å². The van der Waals surface area contributed by atoms with Crippen molar-refractivity contribution in [1.29, 1.82) is 0 Å². The van der Waals surface area contributed by atoms with Gasteiger partial charge in [0.15, 0.2) is 0 Å². The molecule has 1 unspecified atom stereocenters. The van der Waals surface area contributed by atoms with E-state index in [0.29, 0.717) is 0 Å². The summed E-state index contributed by atoms with van der Waals surface area (Å²) in [6.07, 6.45) is 2.29. The van der Waals surface area contributed by atoms with Crippen molar-refractivity contribution in [2.24, 2.45) is 0 Å². The molecule has 1 atom stereocenters. The van der Waals surface area contributed by atoms with Crippen LogP contribution in [0.2, 0.25) is 0 Å². The number of amides is 1. The van der Waals surface area contributed by atoms with Crippen LogP contribution < -0.4 is 5.32 Å². The standard InChI is InChI=1S/C14H19NO2/c1-3-13(10-16)15-14(17)9-11(2)12-7-5-4-6-8-12/h4-9,13,16H,3,10H2,1-2H3,(H,15,17)/b11-9-. The van der Waals surface area contributed by atoms with Gasteiger partial charge in [-0.25, -0.2) is 0 Å². The number of rotatable bonds is 5. The van der Waals surface area contributed by atoms with Gasteiger partial charge in [-0.15, -0.1) is 0 Å². The van der Waals surface area contributed by atoms with Crippen molar-refractivity contribution < 1.29 is 9.90 Å². The van der Waals surface area contributed by atoms with E-state index in [2.05, 4.69) is 5.32 Å². The number of hydrogen-bond acceptors (Lipinski definition) is 2. The topological polar surface area (TPSA) is 49.3 Å². The van der Waals surface area contributed by atoms with Crippen LogP contribution in [0.5, 0.6) is 0 Å². The molecule has 0 saturated heterocycles. The molecule has 0 bridgehead atoms. The molecule has 1 rings (SSSR count). The molecule has 0 aliphatic heterocycles. The van der Waals surface area contributed by atoms with E-state index in [1.807, 2.05) is 44.2 Å². The number of hydrogen-bond donors (Lipinski definition) is 2. The van der Waals surface area contributed by atoms with Crippen molar-refractivity contribution in [1.82, 2.24) is 5.32 Å². The maximum Gasteiger partial charge on any atom is 0.244 e. The number of allylic oxidation sites excluding steroid dienone is 1. The Kier molecular flexibility index (Phi) is 5.43. The number of nitrogens with one attached hydrogen (secondary N) is 1. The predicted octanol–water partition coefficient (Wildman–Crippen LogP) is 1.98. The van der Waals surface area contributed by atoms with Gasteiger partial charge in [-0.1, -0.05) is 37.3 Å². The molecule has 0 heterocycles. The van der Waals surface area contributed by atoms with Gasteiger partial charge >= 0.3 is 0 Å². The highest BCUT2D eigenvalue weighted by Gasteiger charge is 2.07. The summed E-state index contributed by atoms with van der Waals surface area (Å²) >= 11 is 0. The second-order valence-corrected chi connectivity index (χ2v) is 3.99. The molecule has 1 aromatic rings. The Balaban J connectivity index is 2.66. The fraction of sp³-hybridized carbons (Fsp3) is 0.357. The fourth-order valence-corrected chi connectivity index (χ4v) is 1.50. The summed E-state index contributed by atoms with van der Waals surface area (Å²) in [6, 6.07) is 9.57. The summed E-state index contributed by atoms with van der Waals surface area (Å²) < 4.78 is 0. The van der Waals surface area contributed by atoms with Crippen molar-refractivity contribution in [3.8, 4) is 0 Å². The molecule has 0 spiro atoms. The smallest absolute Gasteiger partial charge is 0.244 e. The highest BCUT2D eigenvalue weighted by molar-refractivity contribution is 5.94. The van der Waals surface area contributed by atoms with E-state index in [9.17, 15) is 4.79 Å². The molecule has 0 aromatic heterocycles. The summed E-state index contributed by atoms with van der Waals surface area (Å²) in [5.41, 5.74) is 1.94. The Morgan fingerprint density at radius 1 is 1.41 bits per heavy atom. The van der Waals surface area contributed by atoms with Crippen molar-refractivity contribution in [3.63, 3.8) is 0 Å². The van der Waals surface area contributed by atoms with E-state index in [1.165, 1.54) is 0 Å². The molecule has 1 amide bonds. The molecule has 17 heavy (non-hydrogen) atoms. The van der Waals surface area contributed by atoms with Crippen LogP contribution >= 0.6 is 0 Å². The lowest BCUT2D eigenvalue weighted by molar-refractivity contribution is -0.117. The van der Waals surface area contributed by atoms with E-state index in [4.69, 9.17) is 5.11 Å². The molecule has 0 radical (unpaired) electrons. The molecular formula is C14H19NO2. The van der Waals surface area contributed by atoms with E-state index < -0.39 is 0 Å². The van der Waals surface area contributed by atoms with Crippen LogP contribution in [0.25, 0.3) is 5.57 Å². The molecule has 92 valence electrons. The minimum absolute atomic E-state index is 0.0273. The van der Waals surface area contributed by atoms with Crippen molar-refractivity contribution in [3.05, 3.63) is 42.0 Å². The summed E-state index contributed by atoms with van der Waals surface area (Å²) in [4.78, 5) is 11.7. The largest absolute Gasteiger partial charge is 0.394 e. The lowest BCUT2D eigenvalue weighted by atomic mass is 10.1. The van der Waals surface area contributed by atoms with Gasteiger partial charge in [0.05, 0.1) is 12.6 Å². The second-order valence-electron chi connectivity index (χ2n) is 3.99. The van der Waals surface area contributed by atoms with Gasteiger partial charge < -0.3 is 10.4 Å². The van der Waals surface area contributed by atoms with Gasteiger partial charge in [-0.05, 0) is 24.5 Å². The minimum atomic E-state index is -0.165. The number of aliphatic hydroxyl groups excluding tert-OH is 1. The third kappa shape index (κ3) is 4.41. The summed E-state index contributed by atoms with van der Waals surface area (Å²) in [7, 11) is 0. The first kappa shape index (κ1) is 13.5. The van der Waals surface area contributed by atoms with Crippen molar-refractivity contribution in [2.75, 3.05) is 6.61 Å². The second kappa shape index (κ2) is 6.86. The van der Waals surface area contributed by atoms with Crippen LogP contribution in [0.4, 0.5) is 0 Å². The van der Waals surface area contributed by atoms with Gasteiger partial charge in [0.25, 0.3) is 0 Å². The lowest BCUT2D eigenvalue weighted by Crippen LogP contribution is -2.35. The fourth-order valence-electron chi connectivity index (χ4n) is 1.50. The number of carbonyl (C=O) groups excluding carboxylic acids is 1. The van der Waals surface area contributed by atoms with Crippen LogP contribution in [0.15, 0.2) is 36.4 Å². The van der Waals surface area contributed by atoms with Crippen LogP contribution in [-0.4, -0.2) is 23.7 Å². The Hall–Kier alpha value is -1.61. The molecule has 0 saturated carbocycles. The van der Waals surface area contributed by atoms with Gasteiger partial charge in [0.2, 0.25) is 5.91 Å². The molecule has 3 heteroatoms. The quantitative estimate of drug-likeness (QED) is 0.764. The number of aliphatic hydroxyl groups is 1. The van der Waals surface area contributed by atoms with E-state index in [1.54, 1.807) is 6.08 Å². The van der Waals surface area contributed by atoms with Crippen LogP contribution in [-0.2, 0) is 4.79 Å². The first-order valence-electron chi connectivity index (χ1n) is 5.82. The van der Waals surface area contributed by atoms with Crippen LogP contribution in [0, 0.1) is 0 Å². The van der Waals surface area contributed by atoms with E-state index in [-0.39, 0.29) is 18.6 Å². The van der Waals surface area contributed by atoms with E-state index in [0.717, 1.165) is 17.6 Å².